The van der Waals surface area contributed by atoms with Crippen LogP contribution in [0.5, 0.6) is 5.75 Å². The number of urea groups is 1. The number of hydrogen-bond acceptors (Lipinski definition) is 3. The molecule has 2 aromatic carbocycles. The molecule has 0 unspecified atom stereocenters. The van der Waals surface area contributed by atoms with E-state index in [9.17, 15) is 9.59 Å². The fraction of sp³-hybridized carbons (Fsp3) is 0.130. The number of amides is 3. The number of aryl methyl sites for hydroxylation is 1. The lowest BCUT2D eigenvalue weighted by Gasteiger charge is -2.12. The number of hydrogen-bond donors (Lipinski definition) is 1. The van der Waals surface area contributed by atoms with Gasteiger partial charge in [-0.15, -0.1) is 0 Å². The number of rotatable bonds is 5. The highest BCUT2D eigenvalue weighted by Crippen LogP contribution is 2.25. The fourth-order valence-corrected chi connectivity index (χ4v) is 3.72. The third-order valence-corrected chi connectivity index (χ3v) is 5.72. The standard InChI is InChI=1S/C23H19Cl2N3O3/c1-14-9-16(13-27(14)17-4-6-18(31-2)7-5-17)11-21-22(29)28(23(30)26-21)12-15-3-8-19(24)20(25)10-15/h3-11,13H,12H2,1-2H3,(H,26,30)/b21-11+. The third kappa shape index (κ3) is 4.31. The minimum absolute atomic E-state index is 0.102. The van der Waals surface area contributed by atoms with E-state index in [1.165, 1.54) is 0 Å². The molecule has 31 heavy (non-hydrogen) atoms. The third-order valence-electron chi connectivity index (χ3n) is 4.98. The number of nitrogens with one attached hydrogen (secondary N) is 1. The van der Waals surface area contributed by atoms with Crippen molar-refractivity contribution < 1.29 is 14.3 Å². The van der Waals surface area contributed by atoms with Crippen LogP contribution in [0.4, 0.5) is 4.79 Å². The van der Waals surface area contributed by atoms with Crippen LogP contribution in [0.1, 0.15) is 16.8 Å². The second-order valence-electron chi connectivity index (χ2n) is 7.11. The first-order chi connectivity index (χ1) is 14.9. The molecule has 1 fully saturated rings. The summed E-state index contributed by atoms with van der Waals surface area (Å²) in [4.78, 5) is 26.3. The normalized spacial score (nSPS) is 15.0. The van der Waals surface area contributed by atoms with Crippen LogP contribution in [0, 0.1) is 6.92 Å². The van der Waals surface area contributed by atoms with Gasteiger partial charge in [-0.3, -0.25) is 9.69 Å². The van der Waals surface area contributed by atoms with E-state index >= 15 is 0 Å². The number of nitrogens with zero attached hydrogens (tertiary/aromatic N) is 2. The molecule has 1 N–H and O–H groups in total. The molecule has 0 radical (unpaired) electrons. The molecule has 0 bridgehead atoms. The van der Waals surface area contributed by atoms with Crippen LogP contribution in [-0.2, 0) is 11.3 Å². The number of benzene rings is 2. The van der Waals surface area contributed by atoms with Gasteiger partial charge in [0.2, 0.25) is 0 Å². The second-order valence-corrected chi connectivity index (χ2v) is 7.93. The first-order valence-electron chi connectivity index (χ1n) is 9.47. The molecule has 8 heteroatoms. The van der Waals surface area contributed by atoms with Gasteiger partial charge in [-0.05, 0) is 66.6 Å². The van der Waals surface area contributed by atoms with Crippen LogP contribution >= 0.6 is 23.2 Å². The van der Waals surface area contributed by atoms with Crippen molar-refractivity contribution in [2.45, 2.75) is 13.5 Å². The quantitative estimate of drug-likeness (QED) is 0.425. The van der Waals surface area contributed by atoms with Crippen molar-refractivity contribution in [2.75, 3.05) is 7.11 Å². The van der Waals surface area contributed by atoms with Gasteiger partial charge in [-0.1, -0.05) is 29.3 Å². The molecule has 3 aromatic rings. The Morgan fingerprint density at radius 3 is 2.45 bits per heavy atom. The summed E-state index contributed by atoms with van der Waals surface area (Å²) in [6.07, 6.45) is 3.58. The van der Waals surface area contributed by atoms with E-state index in [0.29, 0.717) is 15.6 Å². The number of aromatic nitrogens is 1. The van der Waals surface area contributed by atoms with Gasteiger partial charge in [-0.2, -0.15) is 0 Å². The molecule has 158 valence electrons. The van der Waals surface area contributed by atoms with Crippen molar-refractivity contribution in [3.05, 3.63) is 87.3 Å². The van der Waals surface area contributed by atoms with E-state index in [1.54, 1.807) is 31.4 Å². The Balaban J connectivity index is 1.55. The number of halogens is 2. The van der Waals surface area contributed by atoms with Gasteiger partial charge in [0.25, 0.3) is 5.91 Å². The minimum atomic E-state index is -0.478. The number of carbonyl (C=O) groups excluding carboxylic acids is 2. The molecule has 1 saturated heterocycles. The molecule has 1 aromatic heterocycles. The maximum Gasteiger partial charge on any atom is 0.329 e. The maximum absolute atomic E-state index is 12.8. The van der Waals surface area contributed by atoms with Gasteiger partial charge in [0.05, 0.1) is 23.7 Å². The van der Waals surface area contributed by atoms with Crippen molar-refractivity contribution in [1.29, 1.82) is 0 Å². The zero-order valence-corrected chi connectivity index (χ0v) is 18.4. The topological polar surface area (TPSA) is 63.6 Å². The van der Waals surface area contributed by atoms with Gasteiger partial charge < -0.3 is 14.6 Å². The lowest BCUT2D eigenvalue weighted by molar-refractivity contribution is -0.123. The number of methoxy groups -OCH3 is 1. The summed E-state index contributed by atoms with van der Waals surface area (Å²) in [5, 5.41) is 3.43. The summed E-state index contributed by atoms with van der Waals surface area (Å²) >= 11 is 12.0. The largest absolute Gasteiger partial charge is 0.497 e. The van der Waals surface area contributed by atoms with Gasteiger partial charge >= 0.3 is 6.03 Å². The Bertz CT molecular complexity index is 1200. The molecule has 0 aliphatic carbocycles. The molecule has 1 aliphatic rings. The van der Waals surface area contributed by atoms with Crippen molar-refractivity contribution in [1.82, 2.24) is 14.8 Å². The number of imide groups is 1. The molecule has 0 atom stereocenters. The van der Waals surface area contributed by atoms with E-state index < -0.39 is 11.9 Å². The van der Waals surface area contributed by atoms with Crippen LogP contribution in [0.3, 0.4) is 0 Å². The fourth-order valence-electron chi connectivity index (χ4n) is 3.40. The van der Waals surface area contributed by atoms with E-state index in [4.69, 9.17) is 27.9 Å². The minimum Gasteiger partial charge on any atom is -0.497 e. The first-order valence-corrected chi connectivity index (χ1v) is 10.2. The SMILES string of the molecule is COc1ccc(-n2cc(/C=C3/NC(=O)N(Cc4ccc(Cl)c(Cl)c4)C3=O)cc2C)cc1. The van der Waals surface area contributed by atoms with Crippen LogP contribution in [0.15, 0.2) is 60.4 Å². The Labute approximate surface area is 189 Å². The number of carbonyl (C=O) groups is 2. The molecule has 1 aliphatic heterocycles. The van der Waals surface area contributed by atoms with E-state index in [-0.39, 0.29) is 12.2 Å². The van der Waals surface area contributed by atoms with Gasteiger partial charge in [0.1, 0.15) is 11.4 Å². The molecular formula is C23H19Cl2N3O3. The first kappa shape index (κ1) is 21.0. The molecule has 0 spiro atoms. The average Bonchev–Trinajstić information content (AvgIpc) is 3.25. The predicted octanol–water partition coefficient (Wildman–Crippen LogP) is 5.19. The second kappa shape index (κ2) is 8.49. The highest BCUT2D eigenvalue weighted by Gasteiger charge is 2.33. The average molecular weight is 456 g/mol. The highest BCUT2D eigenvalue weighted by molar-refractivity contribution is 6.42. The number of ether oxygens (including phenoxy) is 1. The maximum atomic E-state index is 12.8. The van der Waals surface area contributed by atoms with E-state index in [0.717, 1.165) is 27.6 Å². The molecule has 0 saturated carbocycles. The Kier molecular flexibility index (Phi) is 5.76. The lowest BCUT2D eigenvalue weighted by Crippen LogP contribution is -2.30. The van der Waals surface area contributed by atoms with Gasteiger partial charge in [0.15, 0.2) is 0 Å². The summed E-state index contributed by atoms with van der Waals surface area (Å²) in [6.45, 7) is 2.07. The Morgan fingerprint density at radius 2 is 1.77 bits per heavy atom. The molecule has 6 nitrogen and oxygen atoms in total. The molecule has 4 rings (SSSR count). The van der Waals surface area contributed by atoms with Crippen molar-refractivity contribution in [3.63, 3.8) is 0 Å². The van der Waals surface area contributed by atoms with Crippen molar-refractivity contribution in [3.8, 4) is 11.4 Å². The molecule has 3 amide bonds. The predicted molar refractivity (Wildman–Crippen MR) is 121 cm³/mol. The zero-order valence-electron chi connectivity index (χ0n) is 16.9. The van der Waals surface area contributed by atoms with E-state index in [2.05, 4.69) is 5.32 Å². The molecular weight excluding hydrogens is 437 g/mol. The Hall–Kier alpha value is -3.22. The van der Waals surface area contributed by atoms with Gasteiger partial charge in [-0.25, -0.2) is 4.79 Å². The molecule has 2 heterocycles. The summed E-state index contributed by atoms with van der Waals surface area (Å²) in [5.41, 5.74) is 3.68. The summed E-state index contributed by atoms with van der Waals surface area (Å²) in [6, 6.07) is 14.1. The van der Waals surface area contributed by atoms with Crippen LogP contribution in [0.25, 0.3) is 11.8 Å². The summed E-state index contributed by atoms with van der Waals surface area (Å²) < 4.78 is 7.20. The highest BCUT2D eigenvalue weighted by atomic mass is 35.5. The van der Waals surface area contributed by atoms with Crippen LogP contribution in [-0.4, -0.2) is 28.5 Å². The van der Waals surface area contributed by atoms with Crippen LogP contribution < -0.4 is 10.1 Å². The van der Waals surface area contributed by atoms with Crippen molar-refractivity contribution >= 4 is 41.2 Å². The zero-order chi connectivity index (χ0) is 22.1. The lowest BCUT2D eigenvalue weighted by atomic mass is 10.2. The summed E-state index contributed by atoms with van der Waals surface area (Å²) in [7, 11) is 1.62. The van der Waals surface area contributed by atoms with Crippen LogP contribution in [0.2, 0.25) is 10.0 Å². The summed E-state index contributed by atoms with van der Waals surface area (Å²) in [5.74, 6) is 0.378. The van der Waals surface area contributed by atoms with E-state index in [1.807, 2.05) is 48.0 Å². The monoisotopic (exact) mass is 455 g/mol. The van der Waals surface area contributed by atoms with Crippen molar-refractivity contribution in [2.24, 2.45) is 0 Å². The van der Waals surface area contributed by atoms with Gasteiger partial charge in [0, 0.05) is 17.6 Å². The smallest absolute Gasteiger partial charge is 0.329 e. The Morgan fingerprint density at radius 1 is 1.03 bits per heavy atom.